The van der Waals surface area contributed by atoms with Crippen molar-refractivity contribution in [3.05, 3.63) is 35.1 Å². The number of carbonyl (C=O) groups excluding carboxylic acids is 1. The highest BCUT2D eigenvalue weighted by molar-refractivity contribution is 5.92. The molecule has 0 saturated carbocycles. The van der Waals surface area contributed by atoms with E-state index >= 15 is 0 Å². The topological polar surface area (TPSA) is 84.6 Å². The highest BCUT2D eigenvalue weighted by atomic mass is 19.1. The van der Waals surface area contributed by atoms with Gasteiger partial charge in [0.05, 0.1) is 12.7 Å². The molecule has 0 radical (unpaired) electrons. The second-order valence-electron chi connectivity index (χ2n) is 4.25. The molecular formula is C13H19FN2O3. The minimum absolute atomic E-state index is 0.150. The zero-order valence-electron chi connectivity index (χ0n) is 10.9. The molecule has 0 aromatic heterocycles. The Morgan fingerprint density at radius 1 is 1.58 bits per heavy atom. The molecule has 0 bridgehead atoms. The monoisotopic (exact) mass is 270 g/mol. The average molecular weight is 270 g/mol. The van der Waals surface area contributed by atoms with Gasteiger partial charge in [0.25, 0.3) is 0 Å². The lowest BCUT2D eigenvalue weighted by Gasteiger charge is -2.10. The summed E-state index contributed by atoms with van der Waals surface area (Å²) in [5, 5.41) is 12.4. The molecule has 1 unspecified atom stereocenters. The fourth-order valence-corrected chi connectivity index (χ4v) is 1.61. The van der Waals surface area contributed by atoms with Gasteiger partial charge in [0.2, 0.25) is 5.91 Å². The van der Waals surface area contributed by atoms with Crippen LogP contribution < -0.4 is 11.1 Å². The molecule has 0 aliphatic carbocycles. The van der Waals surface area contributed by atoms with Crippen LogP contribution in [0.3, 0.4) is 0 Å². The van der Waals surface area contributed by atoms with E-state index in [1.807, 2.05) is 0 Å². The maximum absolute atomic E-state index is 13.6. The van der Waals surface area contributed by atoms with Crippen molar-refractivity contribution in [1.82, 2.24) is 5.32 Å². The molecule has 6 heteroatoms. The van der Waals surface area contributed by atoms with Crippen molar-refractivity contribution in [2.24, 2.45) is 5.73 Å². The predicted molar refractivity (Wildman–Crippen MR) is 69.1 cm³/mol. The number of primary amides is 1. The SMILES string of the molecule is COCC(O)CCNCc1ccc(C(N)=O)cc1F. The number of hydrogen-bond donors (Lipinski definition) is 3. The van der Waals surface area contributed by atoms with Gasteiger partial charge < -0.3 is 20.9 Å². The molecule has 0 saturated heterocycles. The minimum Gasteiger partial charge on any atom is -0.391 e. The van der Waals surface area contributed by atoms with E-state index in [9.17, 15) is 14.3 Å². The Morgan fingerprint density at radius 2 is 2.32 bits per heavy atom. The molecule has 5 nitrogen and oxygen atoms in total. The van der Waals surface area contributed by atoms with Gasteiger partial charge in [-0.15, -0.1) is 0 Å². The lowest BCUT2D eigenvalue weighted by atomic mass is 10.1. The van der Waals surface area contributed by atoms with Crippen LogP contribution in [0.15, 0.2) is 18.2 Å². The normalized spacial score (nSPS) is 12.4. The van der Waals surface area contributed by atoms with Crippen molar-refractivity contribution in [2.45, 2.75) is 19.1 Å². The molecule has 0 fully saturated rings. The number of nitrogens with one attached hydrogen (secondary N) is 1. The molecule has 19 heavy (non-hydrogen) atoms. The van der Waals surface area contributed by atoms with E-state index in [0.29, 0.717) is 25.1 Å². The lowest BCUT2D eigenvalue weighted by molar-refractivity contribution is 0.0594. The first kappa shape index (κ1) is 15.6. The zero-order chi connectivity index (χ0) is 14.3. The van der Waals surface area contributed by atoms with E-state index in [2.05, 4.69) is 5.32 Å². The van der Waals surface area contributed by atoms with Crippen LogP contribution in [-0.2, 0) is 11.3 Å². The van der Waals surface area contributed by atoms with Crippen LogP contribution in [0.25, 0.3) is 0 Å². The van der Waals surface area contributed by atoms with E-state index in [-0.39, 0.29) is 12.2 Å². The van der Waals surface area contributed by atoms with Gasteiger partial charge in [-0.3, -0.25) is 4.79 Å². The van der Waals surface area contributed by atoms with Crippen molar-refractivity contribution >= 4 is 5.91 Å². The van der Waals surface area contributed by atoms with Crippen LogP contribution in [0.2, 0.25) is 0 Å². The standard InChI is InChI=1S/C13H19FN2O3/c1-19-8-11(17)4-5-16-7-10-3-2-9(13(15)18)6-12(10)14/h2-3,6,11,16-17H,4-5,7-8H2,1H3,(H2,15,18). The molecule has 106 valence electrons. The number of aliphatic hydroxyl groups excluding tert-OH is 1. The first-order valence-electron chi connectivity index (χ1n) is 6.00. The smallest absolute Gasteiger partial charge is 0.248 e. The Kier molecular flexibility index (Phi) is 6.41. The zero-order valence-corrected chi connectivity index (χ0v) is 10.9. The number of rotatable bonds is 8. The first-order chi connectivity index (χ1) is 9.04. The summed E-state index contributed by atoms with van der Waals surface area (Å²) in [4.78, 5) is 10.9. The largest absolute Gasteiger partial charge is 0.391 e. The lowest BCUT2D eigenvalue weighted by Crippen LogP contribution is -2.23. The van der Waals surface area contributed by atoms with Crippen molar-refractivity contribution < 1.29 is 19.0 Å². The summed E-state index contributed by atoms with van der Waals surface area (Å²) in [5.74, 6) is -1.12. The number of hydrogen-bond acceptors (Lipinski definition) is 4. The molecule has 1 rings (SSSR count). The number of ether oxygens (including phenoxy) is 1. The van der Waals surface area contributed by atoms with Crippen LogP contribution in [-0.4, -0.2) is 37.4 Å². The Labute approximate surface area is 111 Å². The van der Waals surface area contributed by atoms with E-state index in [4.69, 9.17) is 10.5 Å². The molecule has 1 aromatic rings. The molecule has 0 heterocycles. The number of benzene rings is 1. The fraction of sp³-hybridized carbons (Fsp3) is 0.462. The van der Waals surface area contributed by atoms with E-state index in [1.165, 1.54) is 19.2 Å². The third kappa shape index (κ3) is 5.34. The molecule has 1 atom stereocenters. The summed E-state index contributed by atoms with van der Waals surface area (Å²) < 4.78 is 18.4. The minimum atomic E-state index is -0.652. The second kappa shape index (κ2) is 7.83. The molecule has 1 amide bonds. The number of nitrogens with two attached hydrogens (primary N) is 1. The second-order valence-corrected chi connectivity index (χ2v) is 4.25. The summed E-state index contributed by atoms with van der Waals surface area (Å²) in [6.45, 7) is 1.15. The Balaban J connectivity index is 2.39. The van der Waals surface area contributed by atoms with Crippen LogP contribution in [0.4, 0.5) is 4.39 Å². The van der Waals surface area contributed by atoms with Crippen LogP contribution >= 0.6 is 0 Å². The highest BCUT2D eigenvalue weighted by Crippen LogP contribution is 2.10. The van der Waals surface area contributed by atoms with Gasteiger partial charge in [-0.1, -0.05) is 6.07 Å². The van der Waals surface area contributed by atoms with Gasteiger partial charge in [0, 0.05) is 24.8 Å². The van der Waals surface area contributed by atoms with Gasteiger partial charge >= 0.3 is 0 Å². The summed E-state index contributed by atoms with van der Waals surface area (Å²) in [5.41, 5.74) is 5.66. The third-order valence-electron chi connectivity index (χ3n) is 2.67. The molecule has 0 aliphatic rings. The summed E-state index contributed by atoms with van der Waals surface area (Å²) in [7, 11) is 1.52. The van der Waals surface area contributed by atoms with E-state index in [0.717, 1.165) is 6.07 Å². The molecule has 4 N–H and O–H groups in total. The van der Waals surface area contributed by atoms with Gasteiger partial charge in [0.1, 0.15) is 5.82 Å². The fourth-order valence-electron chi connectivity index (χ4n) is 1.61. The van der Waals surface area contributed by atoms with E-state index < -0.39 is 17.8 Å². The van der Waals surface area contributed by atoms with Gasteiger partial charge in [-0.25, -0.2) is 4.39 Å². The quantitative estimate of drug-likeness (QED) is 0.597. The Hall–Kier alpha value is -1.50. The Bertz CT molecular complexity index is 426. The summed E-state index contributed by atoms with van der Waals surface area (Å²) in [6.07, 6.45) is -0.00552. The third-order valence-corrected chi connectivity index (χ3v) is 2.67. The van der Waals surface area contributed by atoms with Crippen LogP contribution in [0.1, 0.15) is 22.3 Å². The number of methoxy groups -OCH3 is 1. The number of aliphatic hydroxyl groups is 1. The summed E-state index contributed by atoms with van der Waals surface area (Å²) >= 11 is 0. The Morgan fingerprint density at radius 3 is 2.89 bits per heavy atom. The molecule has 0 spiro atoms. The van der Waals surface area contributed by atoms with Crippen LogP contribution in [0, 0.1) is 5.82 Å². The maximum Gasteiger partial charge on any atom is 0.248 e. The first-order valence-corrected chi connectivity index (χ1v) is 6.00. The van der Waals surface area contributed by atoms with Gasteiger partial charge in [-0.05, 0) is 25.1 Å². The number of amides is 1. The molecule has 0 aliphatic heterocycles. The highest BCUT2D eigenvalue weighted by Gasteiger charge is 2.07. The van der Waals surface area contributed by atoms with Gasteiger partial charge in [0.15, 0.2) is 0 Å². The summed E-state index contributed by atoms with van der Waals surface area (Å²) in [6, 6.07) is 4.13. The number of halogens is 1. The van der Waals surface area contributed by atoms with Crippen molar-refractivity contribution in [1.29, 1.82) is 0 Å². The predicted octanol–water partition coefficient (Wildman–Crippen LogP) is 0.412. The van der Waals surface area contributed by atoms with Crippen LogP contribution in [0.5, 0.6) is 0 Å². The molecule has 1 aromatic carbocycles. The molecular weight excluding hydrogens is 251 g/mol. The maximum atomic E-state index is 13.6. The average Bonchev–Trinajstić information content (AvgIpc) is 2.36. The van der Waals surface area contributed by atoms with Crippen molar-refractivity contribution in [3.63, 3.8) is 0 Å². The van der Waals surface area contributed by atoms with Crippen molar-refractivity contribution in [3.8, 4) is 0 Å². The van der Waals surface area contributed by atoms with Crippen molar-refractivity contribution in [2.75, 3.05) is 20.3 Å². The van der Waals surface area contributed by atoms with E-state index in [1.54, 1.807) is 0 Å². The van der Waals surface area contributed by atoms with Gasteiger partial charge in [-0.2, -0.15) is 0 Å². The number of carbonyl (C=O) groups is 1.